The average molecular weight is 474 g/mol. The minimum absolute atomic E-state index is 0.0229. The Morgan fingerprint density at radius 1 is 1.06 bits per heavy atom. The highest BCUT2D eigenvalue weighted by molar-refractivity contribution is 6.31. The van der Waals surface area contributed by atoms with E-state index < -0.39 is 6.04 Å². The van der Waals surface area contributed by atoms with E-state index in [0.717, 1.165) is 16.8 Å². The van der Waals surface area contributed by atoms with Gasteiger partial charge in [0.1, 0.15) is 5.82 Å². The molecule has 0 N–H and O–H groups in total. The van der Waals surface area contributed by atoms with Crippen LogP contribution in [-0.2, 0) is 11.2 Å². The van der Waals surface area contributed by atoms with Gasteiger partial charge in [-0.3, -0.25) is 14.2 Å². The maximum absolute atomic E-state index is 13.6. The molecule has 0 bridgehead atoms. The fourth-order valence-corrected chi connectivity index (χ4v) is 4.41. The van der Waals surface area contributed by atoms with Gasteiger partial charge in [-0.2, -0.15) is 0 Å². The van der Waals surface area contributed by atoms with Crippen molar-refractivity contribution in [1.82, 2.24) is 14.5 Å². The van der Waals surface area contributed by atoms with Crippen molar-refractivity contribution in [3.05, 3.63) is 105 Å². The second-order valence-corrected chi connectivity index (χ2v) is 8.89. The van der Waals surface area contributed by atoms with E-state index in [1.165, 1.54) is 0 Å². The molecule has 4 aromatic rings. The molecular formula is C28H28ClN3O2. The minimum Gasteiger partial charge on any atom is -0.333 e. The Kier molecular flexibility index (Phi) is 7.13. The Balaban J connectivity index is 1.77. The van der Waals surface area contributed by atoms with Crippen LogP contribution >= 0.6 is 11.6 Å². The number of carbonyl (C=O) groups excluding carboxylic acids is 1. The van der Waals surface area contributed by atoms with Crippen LogP contribution in [0.4, 0.5) is 0 Å². The SMILES string of the molecule is CCN(C(=O)CCc1ccccc1)C(C)c1nc2cc(Cl)ccc2c(=O)n1-c1ccc(C)cc1. The number of fused-ring (bicyclic) bond motifs is 1. The number of halogens is 1. The second kappa shape index (κ2) is 10.2. The molecule has 1 unspecified atom stereocenters. The van der Waals surface area contributed by atoms with Gasteiger partial charge >= 0.3 is 0 Å². The maximum atomic E-state index is 13.6. The van der Waals surface area contributed by atoms with Crippen molar-refractivity contribution in [1.29, 1.82) is 0 Å². The minimum atomic E-state index is -0.411. The summed E-state index contributed by atoms with van der Waals surface area (Å²) in [6.45, 7) is 6.38. The molecule has 0 aliphatic carbocycles. The lowest BCUT2D eigenvalue weighted by molar-refractivity contribution is -0.133. The highest BCUT2D eigenvalue weighted by Gasteiger charge is 2.25. The normalized spacial score (nSPS) is 12.0. The van der Waals surface area contributed by atoms with E-state index in [0.29, 0.717) is 41.1 Å². The van der Waals surface area contributed by atoms with Gasteiger partial charge in [-0.25, -0.2) is 4.98 Å². The van der Waals surface area contributed by atoms with Crippen LogP contribution in [0.2, 0.25) is 5.02 Å². The summed E-state index contributed by atoms with van der Waals surface area (Å²) in [5, 5.41) is 0.997. The molecule has 0 spiro atoms. The van der Waals surface area contributed by atoms with Crippen molar-refractivity contribution in [2.24, 2.45) is 0 Å². The Morgan fingerprint density at radius 3 is 2.44 bits per heavy atom. The van der Waals surface area contributed by atoms with Crippen LogP contribution in [0.25, 0.3) is 16.6 Å². The summed E-state index contributed by atoms with van der Waals surface area (Å²) in [6, 6.07) is 22.4. The lowest BCUT2D eigenvalue weighted by Crippen LogP contribution is -2.37. The van der Waals surface area contributed by atoms with Crippen molar-refractivity contribution in [3.8, 4) is 5.69 Å². The van der Waals surface area contributed by atoms with E-state index in [9.17, 15) is 9.59 Å². The maximum Gasteiger partial charge on any atom is 0.266 e. The molecule has 1 amide bonds. The monoisotopic (exact) mass is 473 g/mol. The Morgan fingerprint density at radius 2 is 1.76 bits per heavy atom. The largest absolute Gasteiger partial charge is 0.333 e. The summed E-state index contributed by atoms with van der Waals surface area (Å²) in [7, 11) is 0. The van der Waals surface area contributed by atoms with Crippen LogP contribution in [0.15, 0.2) is 77.6 Å². The van der Waals surface area contributed by atoms with Crippen molar-refractivity contribution in [3.63, 3.8) is 0 Å². The van der Waals surface area contributed by atoms with Gasteiger partial charge in [0.2, 0.25) is 5.91 Å². The molecule has 0 radical (unpaired) electrons. The number of hydrogen-bond acceptors (Lipinski definition) is 3. The molecule has 1 atom stereocenters. The molecule has 0 saturated heterocycles. The lowest BCUT2D eigenvalue weighted by Gasteiger charge is -2.29. The molecule has 4 rings (SSSR count). The Bertz CT molecular complexity index is 1360. The van der Waals surface area contributed by atoms with Crippen LogP contribution in [-0.4, -0.2) is 26.9 Å². The van der Waals surface area contributed by atoms with E-state index >= 15 is 0 Å². The predicted molar refractivity (Wildman–Crippen MR) is 138 cm³/mol. The number of aryl methyl sites for hydroxylation is 2. The predicted octanol–water partition coefficient (Wildman–Crippen LogP) is 5.89. The summed E-state index contributed by atoms with van der Waals surface area (Å²) >= 11 is 6.20. The molecule has 1 aromatic heterocycles. The van der Waals surface area contributed by atoms with E-state index in [2.05, 4.69) is 0 Å². The van der Waals surface area contributed by atoms with Crippen molar-refractivity contribution >= 4 is 28.4 Å². The van der Waals surface area contributed by atoms with Crippen molar-refractivity contribution in [2.75, 3.05) is 6.54 Å². The van der Waals surface area contributed by atoms with Crippen LogP contribution in [0.3, 0.4) is 0 Å². The number of benzene rings is 3. The highest BCUT2D eigenvalue weighted by atomic mass is 35.5. The fourth-order valence-electron chi connectivity index (χ4n) is 4.24. The van der Waals surface area contributed by atoms with E-state index in [1.807, 2.05) is 75.4 Å². The molecule has 0 fully saturated rings. The number of rotatable bonds is 7. The number of nitrogens with zero attached hydrogens (tertiary/aromatic N) is 3. The van der Waals surface area contributed by atoms with Crippen LogP contribution in [0, 0.1) is 6.92 Å². The first-order valence-corrected chi connectivity index (χ1v) is 11.9. The fraction of sp³-hybridized carbons (Fsp3) is 0.250. The zero-order valence-electron chi connectivity index (χ0n) is 19.7. The Labute approximate surface area is 204 Å². The molecule has 0 aliphatic rings. The van der Waals surface area contributed by atoms with Crippen molar-refractivity contribution in [2.45, 2.75) is 39.7 Å². The number of hydrogen-bond donors (Lipinski definition) is 0. The zero-order valence-corrected chi connectivity index (χ0v) is 20.4. The number of aromatic nitrogens is 2. The van der Waals surface area contributed by atoms with Gasteiger partial charge in [-0.1, -0.05) is 59.6 Å². The van der Waals surface area contributed by atoms with Gasteiger partial charge in [-0.15, -0.1) is 0 Å². The van der Waals surface area contributed by atoms with E-state index in [4.69, 9.17) is 16.6 Å². The summed E-state index contributed by atoms with van der Waals surface area (Å²) in [5.41, 5.74) is 3.28. The standard InChI is InChI=1S/C28H28ClN3O2/c1-4-31(26(33)17-12-21-8-6-5-7-9-21)20(3)27-30-25-18-22(29)13-16-24(25)28(34)32(27)23-14-10-19(2)11-15-23/h5-11,13-16,18,20H,4,12,17H2,1-3H3. The van der Waals surface area contributed by atoms with E-state index in [-0.39, 0.29) is 11.5 Å². The molecule has 3 aromatic carbocycles. The van der Waals surface area contributed by atoms with Gasteiger partial charge in [0.25, 0.3) is 5.56 Å². The molecule has 0 saturated carbocycles. The molecule has 6 heteroatoms. The highest BCUT2D eigenvalue weighted by Crippen LogP contribution is 2.25. The third-order valence-corrected chi connectivity index (χ3v) is 6.36. The van der Waals surface area contributed by atoms with Gasteiger partial charge in [-0.05, 0) is 63.1 Å². The quantitative estimate of drug-likeness (QED) is 0.336. The second-order valence-electron chi connectivity index (χ2n) is 8.45. The van der Waals surface area contributed by atoms with Gasteiger partial charge in [0.15, 0.2) is 0 Å². The van der Waals surface area contributed by atoms with E-state index in [1.54, 1.807) is 27.7 Å². The number of carbonyl (C=O) groups is 1. The van der Waals surface area contributed by atoms with Gasteiger partial charge in [0.05, 0.1) is 22.6 Å². The van der Waals surface area contributed by atoms with Crippen LogP contribution in [0.5, 0.6) is 0 Å². The first kappa shape index (κ1) is 23.7. The molecule has 1 heterocycles. The van der Waals surface area contributed by atoms with Gasteiger partial charge in [0, 0.05) is 18.0 Å². The van der Waals surface area contributed by atoms with Crippen LogP contribution < -0.4 is 5.56 Å². The number of amides is 1. The lowest BCUT2D eigenvalue weighted by atomic mass is 10.1. The summed E-state index contributed by atoms with van der Waals surface area (Å²) in [5.74, 6) is 0.535. The summed E-state index contributed by atoms with van der Waals surface area (Å²) in [6.07, 6.45) is 1.05. The average Bonchev–Trinajstić information content (AvgIpc) is 2.84. The van der Waals surface area contributed by atoms with Gasteiger partial charge < -0.3 is 4.90 Å². The molecular weight excluding hydrogens is 446 g/mol. The molecule has 174 valence electrons. The Hall–Kier alpha value is -3.44. The first-order chi connectivity index (χ1) is 16.4. The molecule has 0 aliphatic heterocycles. The zero-order chi connectivity index (χ0) is 24.2. The third kappa shape index (κ3) is 4.90. The third-order valence-electron chi connectivity index (χ3n) is 6.12. The topological polar surface area (TPSA) is 55.2 Å². The smallest absolute Gasteiger partial charge is 0.266 e. The molecule has 34 heavy (non-hydrogen) atoms. The molecule has 5 nitrogen and oxygen atoms in total. The first-order valence-electron chi connectivity index (χ1n) is 11.5. The van der Waals surface area contributed by atoms with Crippen LogP contribution in [0.1, 0.15) is 43.3 Å². The van der Waals surface area contributed by atoms with Crippen molar-refractivity contribution < 1.29 is 4.79 Å². The summed E-state index contributed by atoms with van der Waals surface area (Å²) < 4.78 is 1.62. The summed E-state index contributed by atoms with van der Waals surface area (Å²) in [4.78, 5) is 33.5.